The van der Waals surface area contributed by atoms with Crippen LogP contribution in [-0.4, -0.2) is 45.4 Å². The maximum atomic E-state index is 13.2. The normalized spacial score (nSPS) is 19.2. The van der Waals surface area contributed by atoms with Crippen LogP contribution in [0.4, 0.5) is 5.13 Å². The molecule has 2 N–H and O–H groups in total. The lowest BCUT2D eigenvalue weighted by Crippen LogP contribution is -2.62. The molecule has 1 saturated heterocycles. The number of unbranched alkanes of at least 4 members (excludes halogenated alkanes) is 1. The number of piperidine rings is 1. The van der Waals surface area contributed by atoms with Crippen LogP contribution < -0.4 is 10.6 Å². The van der Waals surface area contributed by atoms with E-state index in [0.29, 0.717) is 10.8 Å². The smallest absolute Gasteiger partial charge is 0.273 e. The van der Waals surface area contributed by atoms with E-state index in [0.717, 1.165) is 32.2 Å². The van der Waals surface area contributed by atoms with Gasteiger partial charge in [-0.3, -0.25) is 9.59 Å². The summed E-state index contributed by atoms with van der Waals surface area (Å²) >= 11 is 1.29. The summed E-state index contributed by atoms with van der Waals surface area (Å²) in [7, 11) is 0. The Bertz CT molecular complexity index is 638. The number of hydrogen-bond donors (Lipinski definition) is 2. The lowest BCUT2D eigenvalue weighted by Gasteiger charge is -2.49. The third-order valence-corrected chi connectivity index (χ3v) is 5.39. The van der Waals surface area contributed by atoms with Gasteiger partial charge in [0.2, 0.25) is 5.91 Å². The second-order valence-electron chi connectivity index (χ2n) is 8.53. The van der Waals surface area contributed by atoms with Crippen molar-refractivity contribution < 1.29 is 9.59 Å². The molecule has 6 nitrogen and oxygen atoms in total. The van der Waals surface area contributed by atoms with Gasteiger partial charge in [-0.05, 0) is 47.0 Å². The number of thiazole rings is 1. The minimum Gasteiger partial charge on any atom is -0.334 e. The van der Waals surface area contributed by atoms with Gasteiger partial charge < -0.3 is 15.5 Å². The van der Waals surface area contributed by atoms with Gasteiger partial charge in [0.1, 0.15) is 5.69 Å². The van der Waals surface area contributed by atoms with Crippen molar-refractivity contribution in [2.24, 2.45) is 0 Å². The molecule has 0 saturated carbocycles. The summed E-state index contributed by atoms with van der Waals surface area (Å²) in [6.07, 6.45) is 3.83. The van der Waals surface area contributed by atoms with E-state index in [9.17, 15) is 9.59 Å². The fourth-order valence-electron chi connectivity index (χ4n) is 3.99. The largest absolute Gasteiger partial charge is 0.334 e. The van der Waals surface area contributed by atoms with Crippen LogP contribution in [0, 0.1) is 0 Å². The maximum absolute atomic E-state index is 13.2. The van der Waals surface area contributed by atoms with Gasteiger partial charge in [-0.2, -0.15) is 0 Å². The first kappa shape index (κ1) is 20.8. The average Bonchev–Trinajstić information content (AvgIpc) is 2.91. The second kappa shape index (κ2) is 8.05. The summed E-state index contributed by atoms with van der Waals surface area (Å²) in [6, 6.07) is 0.172. The highest BCUT2D eigenvalue weighted by molar-refractivity contribution is 7.14. The predicted molar refractivity (Wildman–Crippen MR) is 107 cm³/mol. The highest BCUT2D eigenvalue weighted by Crippen LogP contribution is 2.32. The van der Waals surface area contributed by atoms with Gasteiger partial charge in [0.25, 0.3) is 5.91 Å². The molecule has 2 heterocycles. The number of nitrogens with one attached hydrogen (secondary N) is 2. The van der Waals surface area contributed by atoms with E-state index < -0.39 is 0 Å². The molecule has 1 fully saturated rings. The zero-order valence-corrected chi connectivity index (χ0v) is 17.6. The van der Waals surface area contributed by atoms with E-state index in [1.807, 2.05) is 4.90 Å². The molecule has 2 rings (SSSR count). The molecule has 0 atom stereocenters. The van der Waals surface area contributed by atoms with Crippen molar-refractivity contribution in [2.75, 3.05) is 11.9 Å². The Labute approximate surface area is 160 Å². The molecule has 0 unspecified atom stereocenters. The first-order chi connectivity index (χ1) is 12.0. The number of carbonyl (C=O) groups excluding carboxylic acids is 2. The number of nitrogens with zero attached hydrogens (tertiary/aromatic N) is 2. The summed E-state index contributed by atoms with van der Waals surface area (Å²) in [5.41, 5.74) is 0.366. The number of carbonyl (C=O) groups is 2. The van der Waals surface area contributed by atoms with Crippen LogP contribution in [0.1, 0.15) is 77.7 Å². The van der Waals surface area contributed by atoms with Crippen LogP contribution in [0.2, 0.25) is 0 Å². The lowest BCUT2D eigenvalue weighted by molar-refractivity contribution is -0.114. The van der Waals surface area contributed by atoms with Crippen LogP contribution in [0.3, 0.4) is 0 Å². The molecule has 0 bridgehead atoms. The summed E-state index contributed by atoms with van der Waals surface area (Å²) in [6.45, 7) is 13.1. The summed E-state index contributed by atoms with van der Waals surface area (Å²) in [5, 5.41) is 8.55. The van der Waals surface area contributed by atoms with E-state index in [2.05, 4.69) is 50.2 Å². The van der Waals surface area contributed by atoms with E-state index in [1.165, 1.54) is 18.3 Å². The number of aromatic nitrogens is 1. The molecule has 2 amide bonds. The Morgan fingerprint density at radius 3 is 2.46 bits per heavy atom. The molecule has 0 radical (unpaired) electrons. The Hall–Kier alpha value is -1.47. The van der Waals surface area contributed by atoms with Crippen molar-refractivity contribution in [2.45, 2.75) is 84.3 Å². The number of hydrogen-bond acceptors (Lipinski definition) is 5. The molecular weight excluding hydrogens is 348 g/mol. The molecule has 1 aromatic heterocycles. The first-order valence-corrected chi connectivity index (χ1v) is 10.2. The molecule has 0 aromatic carbocycles. The number of rotatable bonds is 6. The van der Waals surface area contributed by atoms with Crippen LogP contribution in [0.25, 0.3) is 0 Å². The lowest BCUT2D eigenvalue weighted by atomic mass is 9.79. The monoisotopic (exact) mass is 380 g/mol. The standard InChI is InChI=1S/C19H32N4O2S/c1-7-8-9-23(14-10-18(3,4)22-19(5,6)11-14)16(25)15-12-26-17(21-15)20-13(2)24/h12,14,22H,7-11H2,1-6H3,(H,20,21,24). The quantitative estimate of drug-likeness (QED) is 0.790. The first-order valence-electron chi connectivity index (χ1n) is 9.36. The second-order valence-corrected chi connectivity index (χ2v) is 9.38. The molecule has 7 heteroatoms. The SMILES string of the molecule is CCCCN(C(=O)c1csc(NC(C)=O)n1)C1CC(C)(C)NC(C)(C)C1. The highest BCUT2D eigenvalue weighted by Gasteiger charge is 2.41. The van der Waals surface area contributed by atoms with Gasteiger partial charge >= 0.3 is 0 Å². The van der Waals surface area contributed by atoms with Crippen LogP contribution in [0.15, 0.2) is 5.38 Å². The van der Waals surface area contributed by atoms with Crippen molar-refractivity contribution in [3.05, 3.63) is 11.1 Å². The molecule has 0 spiro atoms. The van der Waals surface area contributed by atoms with Gasteiger partial charge in [0.05, 0.1) is 0 Å². The molecule has 1 aliphatic heterocycles. The molecule has 146 valence electrons. The van der Waals surface area contributed by atoms with E-state index in [4.69, 9.17) is 0 Å². The minimum absolute atomic E-state index is 0.0272. The topological polar surface area (TPSA) is 74.3 Å². The van der Waals surface area contributed by atoms with Gasteiger partial charge in [-0.25, -0.2) is 4.98 Å². The molecule has 0 aliphatic carbocycles. The predicted octanol–water partition coefficient (Wildman–Crippen LogP) is 3.65. The Morgan fingerprint density at radius 2 is 1.92 bits per heavy atom. The van der Waals surface area contributed by atoms with Crippen molar-refractivity contribution >= 4 is 28.3 Å². The summed E-state index contributed by atoms with van der Waals surface area (Å²) in [4.78, 5) is 30.7. The molecule has 1 aliphatic rings. The van der Waals surface area contributed by atoms with Gasteiger partial charge in [-0.15, -0.1) is 11.3 Å². The van der Waals surface area contributed by atoms with Crippen molar-refractivity contribution in [1.82, 2.24) is 15.2 Å². The van der Waals surface area contributed by atoms with Crippen LogP contribution in [0.5, 0.6) is 0 Å². The average molecular weight is 381 g/mol. The number of anilines is 1. The fraction of sp³-hybridized carbons (Fsp3) is 0.737. The van der Waals surface area contributed by atoms with Crippen molar-refractivity contribution in [3.63, 3.8) is 0 Å². The minimum atomic E-state index is -0.178. The fourth-order valence-corrected chi connectivity index (χ4v) is 4.72. The van der Waals surface area contributed by atoms with Gasteiger partial charge in [0.15, 0.2) is 5.13 Å². The Kier molecular flexibility index (Phi) is 6.45. The van der Waals surface area contributed by atoms with Crippen LogP contribution >= 0.6 is 11.3 Å². The molecule has 26 heavy (non-hydrogen) atoms. The molecule has 1 aromatic rings. The Morgan fingerprint density at radius 1 is 1.31 bits per heavy atom. The van der Waals surface area contributed by atoms with E-state index in [1.54, 1.807) is 5.38 Å². The third kappa shape index (κ3) is 5.51. The van der Waals surface area contributed by atoms with Crippen molar-refractivity contribution in [3.8, 4) is 0 Å². The van der Waals surface area contributed by atoms with E-state index in [-0.39, 0.29) is 28.9 Å². The maximum Gasteiger partial charge on any atom is 0.273 e. The summed E-state index contributed by atoms with van der Waals surface area (Å²) < 4.78 is 0. The van der Waals surface area contributed by atoms with E-state index >= 15 is 0 Å². The van der Waals surface area contributed by atoms with Crippen LogP contribution in [-0.2, 0) is 4.79 Å². The highest BCUT2D eigenvalue weighted by atomic mass is 32.1. The third-order valence-electron chi connectivity index (χ3n) is 4.63. The van der Waals surface area contributed by atoms with Gasteiger partial charge in [-0.1, -0.05) is 13.3 Å². The molecular formula is C19H32N4O2S. The van der Waals surface area contributed by atoms with Gasteiger partial charge in [0, 0.05) is 36.0 Å². The summed E-state index contributed by atoms with van der Waals surface area (Å²) in [5.74, 6) is -0.215. The van der Waals surface area contributed by atoms with Crippen molar-refractivity contribution in [1.29, 1.82) is 0 Å². The Balaban J connectivity index is 2.24. The number of amides is 2. The zero-order chi connectivity index (χ0) is 19.5. The zero-order valence-electron chi connectivity index (χ0n) is 16.8.